The predicted molar refractivity (Wildman–Crippen MR) is 64.8 cm³/mol. The molecule has 1 heterocycles. The largest absolute Gasteiger partial charge is 0.309 e. The molecule has 14 heavy (non-hydrogen) atoms. The summed E-state index contributed by atoms with van der Waals surface area (Å²) in [5.41, 5.74) is 0. The topological polar surface area (TPSA) is 12.0 Å². The van der Waals surface area contributed by atoms with Gasteiger partial charge in [-0.05, 0) is 30.8 Å². The molecule has 1 unspecified atom stereocenters. The molecule has 78 valence electrons. The minimum atomic E-state index is 0.471. The molecule has 0 fully saturated rings. The predicted octanol–water partition coefficient (Wildman–Crippen LogP) is 3.76. The third kappa shape index (κ3) is 3.64. The molecule has 1 aromatic heterocycles. The van der Waals surface area contributed by atoms with Crippen LogP contribution in [0.15, 0.2) is 30.2 Å². The summed E-state index contributed by atoms with van der Waals surface area (Å²) in [5.74, 6) is 0. The maximum absolute atomic E-state index is 3.80. The van der Waals surface area contributed by atoms with Gasteiger partial charge in [0.25, 0.3) is 0 Å². The number of thiophene rings is 1. The third-order valence-corrected chi connectivity index (χ3v) is 3.20. The van der Waals surface area contributed by atoms with Crippen LogP contribution in [0.5, 0.6) is 0 Å². The second kappa shape index (κ2) is 6.80. The van der Waals surface area contributed by atoms with Crippen LogP contribution in [0.4, 0.5) is 0 Å². The summed E-state index contributed by atoms with van der Waals surface area (Å²) in [7, 11) is 0. The average Bonchev–Trinajstić information content (AvgIpc) is 2.70. The minimum Gasteiger partial charge on any atom is -0.309 e. The van der Waals surface area contributed by atoms with Crippen molar-refractivity contribution in [2.75, 3.05) is 6.54 Å². The van der Waals surface area contributed by atoms with Crippen molar-refractivity contribution in [1.29, 1.82) is 0 Å². The molecule has 2 heteroatoms. The first-order valence-corrected chi connectivity index (χ1v) is 6.14. The van der Waals surface area contributed by atoms with E-state index in [1.165, 1.54) is 17.7 Å². The lowest BCUT2D eigenvalue weighted by Crippen LogP contribution is -2.21. The number of hydrogen-bond acceptors (Lipinski definition) is 2. The van der Waals surface area contributed by atoms with Crippen molar-refractivity contribution < 1.29 is 0 Å². The van der Waals surface area contributed by atoms with E-state index in [1.54, 1.807) is 0 Å². The van der Waals surface area contributed by atoms with Gasteiger partial charge in [0.05, 0.1) is 0 Å². The van der Waals surface area contributed by atoms with Gasteiger partial charge in [-0.1, -0.05) is 25.5 Å². The molecule has 0 bridgehead atoms. The zero-order valence-corrected chi connectivity index (χ0v) is 9.65. The minimum absolute atomic E-state index is 0.471. The van der Waals surface area contributed by atoms with Gasteiger partial charge in [-0.3, -0.25) is 0 Å². The van der Waals surface area contributed by atoms with Crippen LogP contribution < -0.4 is 5.32 Å². The summed E-state index contributed by atoms with van der Waals surface area (Å²) in [6.45, 7) is 7.12. The molecular weight excluding hydrogens is 190 g/mol. The zero-order chi connectivity index (χ0) is 10.2. The highest BCUT2D eigenvalue weighted by molar-refractivity contribution is 7.10. The lowest BCUT2D eigenvalue weighted by Gasteiger charge is -2.15. The second-order valence-electron chi connectivity index (χ2n) is 3.40. The van der Waals surface area contributed by atoms with E-state index in [2.05, 4.69) is 36.3 Å². The molecule has 0 radical (unpaired) electrons. The van der Waals surface area contributed by atoms with Gasteiger partial charge in [-0.25, -0.2) is 0 Å². The van der Waals surface area contributed by atoms with Gasteiger partial charge in [-0.15, -0.1) is 17.9 Å². The fourth-order valence-corrected chi connectivity index (χ4v) is 2.22. The summed E-state index contributed by atoms with van der Waals surface area (Å²) >= 11 is 1.82. The molecule has 1 atom stereocenters. The van der Waals surface area contributed by atoms with E-state index in [-0.39, 0.29) is 0 Å². The van der Waals surface area contributed by atoms with Crippen LogP contribution in [-0.2, 0) is 0 Å². The summed E-state index contributed by atoms with van der Waals surface area (Å²) in [6, 6.07) is 4.77. The van der Waals surface area contributed by atoms with Gasteiger partial charge in [0, 0.05) is 10.9 Å². The van der Waals surface area contributed by atoms with Crippen molar-refractivity contribution in [2.45, 2.75) is 32.2 Å². The molecule has 0 saturated carbocycles. The summed E-state index contributed by atoms with van der Waals surface area (Å²) in [4.78, 5) is 1.42. The number of hydrogen-bond donors (Lipinski definition) is 1. The van der Waals surface area contributed by atoms with E-state index in [1.807, 2.05) is 17.4 Å². The van der Waals surface area contributed by atoms with E-state index in [4.69, 9.17) is 0 Å². The van der Waals surface area contributed by atoms with Crippen molar-refractivity contribution in [3.8, 4) is 0 Å². The van der Waals surface area contributed by atoms with Crippen LogP contribution in [-0.4, -0.2) is 6.54 Å². The Morgan fingerprint density at radius 3 is 3.07 bits per heavy atom. The zero-order valence-electron chi connectivity index (χ0n) is 8.83. The summed E-state index contributed by atoms with van der Waals surface area (Å²) in [5, 5.41) is 5.70. The maximum atomic E-state index is 3.80. The Hall–Kier alpha value is -0.600. The number of nitrogens with one attached hydrogen (secondary N) is 1. The molecule has 0 aliphatic carbocycles. The normalized spacial score (nSPS) is 12.6. The van der Waals surface area contributed by atoms with Crippen LogP contribution in [0.25, 0.3) is 0 Å². The molecular formula is C12H19NS. The van der Waals surface area contributed by atoms with Crippen molar-refractivity contribution >= 4 is 11.3 Å². The molecule has 1 N–H and O–H groups in total. The van der Waals surface area contributed by atoms with Gasteiger partial charge in [0.2, 0.25) is 0 Å². The molecule has 0 aliphatic rings. The molecule has 1 aromatic rings. The smallest absolute Gasteiger partial charge is 0.0449 e. The summed E-state index contributed by atoms with van der Waals surface area (Å²) < 4.78 is 0. The Morgan fingerprint density at radius 1 is 1.64 bits per heavy atom. The third-order valence-electron chi connectivity index (χ3n) is 2.21. The Bertz CT molecular complexity index is 241. The molecule has 1 rings (SSSR count). The Kier molecular flexibility index (Phi) is 5.57. The highest BCUT2D eigenvalue weighted by Gasteiger charge is 2.08. The number of rotatable bonds is 7. The van der Waals surface area contributed by atoms with Crippen LogP contribution in [0.2, 0.25) is 0 Å². The van der Waals surface area contributed by atoms with Crippen molar-refractivity contribution in [2.24, 2.45) is 0 Å². The van der Waals surface area contributed by atoms with E-state index in [0.717, 1.165) is 13.0 Å². The van der Waals surface area contributed by atoms with Gasteiger partial charge in [-0.2, -0.15) is 0 Å². The SMILES string of the molecule is C=CCC(NCCCC)c1cccs1. The van der Waals surface area contributed by atoms with Gasteiger partial charge >= 0.3 is 0 Å². The van der Waals surface area contributed by atoms with Crippen LogP contribution >= 0.6 is 11.3 Å². The van der Waals surface area contributed by atoms with Crippen molar-refractivity contribution in [3.05, 3.63) is 35.0 Å². The average molecular weight is 209 g/mol. The van der Waals surface area contributed by atoms with E-state index in [9.17, 15) is 0 Å². The Balaban J connectivity index is 2.43. The van der Waals surface area contributed by atoms with Gasteiger partial charge < -0.3 is 5.32 Å². The first-order valence-electron chi connectivity index (χ1n) is 5.26. The van der Waals surface area contributed by atoms with Gasteiger partial charge in [0.1, 0.15) is 0 Å². The van der Waals surface area contributed by atoms with Crippen LogP contribution in [0, 0.1) is 0 Å². The molecule has 0 saturated heterocycles. The second-order valence-corrected chi connectivity index (χ2v) is 4.38. The van der Waals surface area contributed by atoms with Crippen molar-refractivity contribution in [1.82, 2.24) is 5.32 Å². The fraction of sp³-hybridized carbons (Fsp3) is 0.500. The highest BCUT2D eigenvalue weighted by Crippen LogP contribution is 2.22. The highest BCUT2D eigenvalue weighted by atomic mass is 32.1. The van der Waals surface area contributed by atoms with E-state index in [0.29, 0.717) is 6.04 Å². The lowest BCUT2D eigenvalue weighted by atomic mass is 10.1. The van der Waals surface area contributed by atoms with E-state index < -0.39 is 0 Å². The Morgan fingerprint density at radius 2 is 2.50 bits per heavy atom. The van der Waals surface area contributed by atoms with Crippen LogP contribution in [0.3, 0.4) is 0 Å². The number of unbranched alkanes of at least 4 members (excludes halogenated alkanes) is 1. The molecule has 0 amide bonds. The molecule has 0 spiro atoms. The standard InChI is InChI=1S/C12H19NS/c1-3-5-9-13-11(7-4-2)12-8-6-10-14-12/h4,6,8,10-11,13H,2-3,5,7,9H2,1H3. The van der Waals surface area contributed by atoms with Crippen LogP contribution in [0.1, 0.15) is 37.1 Å². The quantitative estimate of drug-likeness (QED) is 0.532. The Labute approximate surface area is 90.9 Å². The molecule has 0 aromatic carbocycles. The van der Waals surface area contributed by atoms with Crippen molar-refractivity contribution in [3.63, 3.8) is 0 Å². The van der Waals surface area contributed by atoms with Gasteiger partial charge in [0.15, 0.2) is 0 Å². The lowest BCUT2D eigenvalue weighted by molar-refractivity contribution is 0.531. The summed E-state index contributed by atoms with van der Waals surface area (Å²) in [6.07, 6.45) is 5.50. The van der Waals surface area contributed by atoms with E-state index >= 15 is 0 Å². The fourth-order valence-electron chi connectivity index (χ4n) is 1.41. The molecule has 1 nitrogen and oxygen atoms in total. The maximum Gasteiger partial charge on any atom is 0.0449 e. The molecule has 0 aliphatic heterocycles. The monoisotopic (exact) mass is 209 g/mol. The first-order chi connectivity index (χ1) is 6.88. The first kappa shape index (κ1) is 11.5.